The van der Waals surface area contributed by atoms with Crippen molar-refractivity contribution in [3.63, 3.8) is 0 Å². The average molecular weight is 363 g/mol. The van der Waals surface area contributed by atoms with Crippen LogP contribution in [0.25, 0.3) is 0 Å². The molecular formula is C17H42O2Si3. The van der Waals surface area contributed by atoms with Crippen LogP contribution in [0.5, 0.6) is 0 Å². The standard InChI is InChI=1S/C17H42O2Si3/c1-7-8-9-10-11-12-13-14-15-16-17-22(6,18-20(2)3)19-21(4)5/h20-21H,7-17H2,1-6H3. The second kappa shape index (κ2) is 14.0. The minimum Gasteiger partial charge on any atom is -0.439 e. The molecule has 0 bridgehead atoms. The Morgan fingerprint density at radius 3 is 1.36 bits per heavy atom. The lowest BCUT2D eigenvalue weighted by Crippen LogP contribution is -2.45. The molecule has 0 aliphatic heterocycles. The van der Waals surface area contributed by atoms with Gasteiger partial charge in [-0.1, -0.05) is 71.1 Å². The summed E-state index contributed by atoms with van der Waals surface area (Å²) in [6, 6.07) is 1.21. The van der Waals surface area contributed by atoms with E-state index in [1.54, 1.807) is 0 Å². The van der Waals surface area contributed by atoms with Gasteiger partial charge in [-0.25, -0.2) is 0 Å². The van der Waals surface area contributed by atoms with Gasteiger partial charge >= 0.3 is 8.56 Å². The van der Waals surface area contributed by atoms with E-state index in [1.165, 1.54) is 70.3 Å². The van der Waals surface area contributed by atoms with Crippen LogP contribution in [-0.4, -0.2) is 26.6 Å². The third kappa shape index (κ3) is 14.2. The van der Waals surface area contributed by atoms with E-state index in [-0.39, 0.29) is 0 Å². The van der Waals surface area contributed by atoms with E-state index in [4.69, 9.17) is 8.23 Å². The van der Waals surface area contributed by atoms with Gasteiger partial charge in [-0.15, -0.1) is 0 Å². The smallest absolute Gasteiger partial charge is 0.313 e. The van der Waals surface area contributed by atoms with Gasteiger partial charge in [0.1, 0.15) is 0 Å². The van der Waals surface area contributed by atoms with Crippen LogP contribution < -0.4 is 0 Å². The van der Waals surface area contributed by atoms with Crippen LogP contribution in [0.1, 0.15) is 71.1 Å². The van der Waals surface area contributed by atoms with Gasteiger partial charge in [-0.05, 0) is 38.8 Å². The summed E-state index contributed by atoms with van der Waals surface area (Å²) in [7, 11) is -3.80. The Hall–Kier alpha value is 0.571. The van der Waals surface area contributed by atoms with Crippen molar-refractivity contribution in [2.24, 2.45) is 0 Å². The molecule has 0 heterocycles. The van der Waals surface area contributed by atoms with Crippen molar-refractivity contribution in [2.75, 3.05) is 0 Å². The van der Waals surface area contributed by atoms with Crippen molar-refractivity contribution in [2.45, 2.75) is 110 Å². The zero-order valence-corrected chi connectivity index (χ0v) is 19.6. The molecule has 0 rings (SSSR count). The van der Waals surface area contributed by atoms with E-state index in [0.717, 1.165) is 0 Å². The van der Waals surface area contributed by atoms with E-state index >= 15 is 0 Å². The molecular weight excluding hydrogens is 320 g/mol. The zero-order chi connectivity index (χ0) is 16.8. The Morgan fingerprint density at radius 1 is 0.636 bits per heavy atom. The molecule has 0 radical (unpaired) electrons. The summed E-state index contributed by atoms with van der Waals surface area (Å²) in [4.78, 5) is 0. The van der Waals surface area contributed by atoms with Gasteiger partial charge in [0.2, 0.25) is 0 Å². The van der Waals surface area contributed by atoms with Crippen molar-refractivity contribution >= 4 is 26.6 Å². The first kappa shape index (κ1) is 22.6. The van der Waals surface area contributed by atoms with E-state index in [2.05, 4.69) is 39.7 Å². The summed E-state index contributed by atoms with van der Waals surface area (Å²) in [5, 5.41) is 0. The molecule has 0 saturated heterocycles. The Labute approximate surface area is 145 Å². The minimum absolute atomic E-state index is 0.980. The fraction of sp³-hybridized carbons (Fsp3) is 1.00. The highest BCUT2D eigenvalue weighted by Crippen LogP contribution is 2.21. The molecule has 0 amide bonds. The largest absolute Gasteiger partial charge is 0.439 e. The Kier molecular flexibility index (Phi) is 14.3. The maximum absolute atomic E-state index is 6.32. The highest BCUT2D eigenvalue weighted by atomic mass is 28.5. The Balaban J connectivity index is 3.67. The molecule has 2 nitrogen and oxygen atoms in total. The lowest BCUT2D eigenvalue weighted by molar-refractivity contribution is 0.398. The molecule has 0 fully saturated rings. The molecule has 0 aliphatic carbocycles. The first-order valence-electron chi connectivity index (χ1n) is 9.75. The molecule has 0 atom stereocenters. The monoisotopic (exact) mass is 362 g/mol. The first-order chi connectivity index (χ1) is 10.4. The molecule has 0 unspecified atom stereocenters. The van der Waals surface area contributed by atoms with Gasteiger partial charge in [-0.3, -0.25) is 0 Å². The van der Waals surface area contributed by atoms with Gasteiger partial charge in [0.25, 0.3) is 0 Å². The highest BCUT2D eigenvalue weighted by Gasteiger charge is 2.32. The lowest BCUT2D eigenvalue weighted by Gasteiger charge is -2.31. The molecule has 0 aromatic carbocycles. The van der Waals surface area contributed by atoms with Crippen molar-refractivity contribution in [1.29, 1.82) is 0 Å². The molecule has 0 aromatic heterocycles. The third-order valence-corrected chi connectivity index (χ3v) is 13.0. The lowest BCUT2D eigenvalue weighted by atomic mass is 10.1. The molecule has 22 heavy (non-hydrogen) atoms. The summed E-state index contributed by atoms with van der Waals surface area (Å²) >= 11 is 0. The summed E-state index contributed by atoms with van der Waals surface area (Å²) in [6.45, 7) is 13.7. The minimum atomic E-state index is -1.84. The molecule has 0 N–H and O–H groups in total. The molecule has 0 saturated carbocycles. The summed E-state index contributed by atoms with van der Waals surface area (Å²) in [5.41, 5.74) is 0. The predicted octanol–water partition coefficient (Wildman–Crippen LogP) is 5.98. The van der Waals surface area contributed by atoms with E-state index in [1.807, 2.05) is 0 Å². The van der Waals surface area contributed by atoms with E-state index in [0.29, 0.717) is 0 Å². The number of hydrogen-bond donors (Lipinski definition) is 0. The normalized spacial score (nSPS) is 12.5. The third-order valence-electron chi connectivity index (χ3n) is 3.95. The van der Waals surface area contributed by atoms with Crippen molar-refractivity contribution in [3.05, 3.63) is 0 Å². The number of unbranched alkanes of at least 4 members (excludes halogenated alkanes) is 9. The average Bonchev–Trinajstić information content (AvgIpc) is 2.39. The molecule has 0 aromatic rings. The van der Waals surface area contributed by atoms with Gasteiger partial charge < -0.3 is 8.23 Å². The SMILES string of the molecule is CCCCCCCCCCCC[Si](C)(O[SiH](C)C)O[SiH](C)C. The molecule has 134 valence electrons. The Bertz CT molecular complexity index is 238. The first-order valence-corrected chi connectivity index (χ1v) is 17.8. The van der Waals surface area contributed by atoms with Crippen LogP contribution in [-0.2, 0) is 8.23 Å². The number of rotatable bonds is 15. The topological polar surface area (TPSA) is 18.5 Å². The van der Waals surface area contributed by atoms with E-state index < -0.39 is 26.6 Å². The summed E-state index contributed by atoms with van der Waals surface area (Å²) in [5.74, 6) is 0. The van der Waals surface area contributed by atoms with Gasteiger partial charge in [-0.2, -0.15) is 0 Å². The molecule has 0 spiro atoms. The van der Waals surface area contributed by atoms with E-state index in [9.17, 15) is 0 Å². The van der Waals surface area contributed by atoms with Crippen molar-refractivity contribution < 1.29 is 8.23 Å². The van der Waals surface area contributed by atoms with Crippen LogP contribution in [0.2, 0.25) is 38.8 Å². The maximum Gasteiger partial charge on any atom is 0.313 e. The van der Waals surface area contributed by atoms with Gasteiger partial charge in [0.05, 0.1) is 0 Å². The summed E-state index contributed by atoms with van der Waals surface area (Å²) < 4.78 is 12.6. The van der Waals surface area contributed by atoms with Crippen molar-refractivity contribution in [3.8, 4) is 0 Å². The second-order valence-electron chi connectivity index (χ2n) is 7.40. The van der Waals surface area contributed by atoms with Gasteiger partial charge in [0, 0.05) is 0 Å². The van der Waals surface area contributed by atoms with Crippen LogP contribution in [0.15, 0.2) is 0 Å². The van der Waals surface area contributed by atoms with Crippen LogP contribution in [0.4, 0.5) is 0 Å². The van der Waals surface area contributed by atoms with Crippen molar-refractivity contribution in [1.82, 2.24) is 0 Å². The second-order valence-corrected chi connectivity index (χ2v) is 16.2. The van der Waals surface area contributed by atoms with Crippen LogP contribution in [0.3, 0.4) is 0 Å². The Morgan fingerprint density at radius 2 is 1.00 bits per heavy atom. The molecule has 5 heteroatoms. The predicted molar refractivity (Wildman–Crippen MR) is 108 cm³/mol. The van der Waals surface area contributed by atoms with Crippen LogP contribution >= 0.6 is 0 Å². The molecule has 0 aliphatic rings. The quantitative estimate of drug-likeness (QED) is 0.263. The number of hydrogen-bond acceptors (Lipinski definition) is 2. The zero-order valence-electron chi connectivity index (χ0n) is 16.2. The summed E-state index contributed by atoms with van der Waals surface area (Å²) in [6.07, 6.45) is 14.0. The maximum atomic E-state index is 6.32. The fourth-order valence-corrected chi connectivity index (χ4v) is 13.6. The van der Waals surface area contributed by atoms with Crippen LogP contribution in [0, 0.1) is 0 Å². The fourth-order valence-electron chi connectivity index (χ4n) is 3.08. The highest BCUT2D eigenvalue weighted by molar-refractivity contribution is 6.79. The van der Waals surface area contributed by atoms with Gasteiger partial charge in [0.15, 0.2) is 18.1 Å².